The molecule has 3 rings (SSSR count). The van der Waals surface area contributed by atoms with Crippen molar-refractivity contribution in [2.24, 2.45) is 5.10 Å². The first-order chi connectivity index (χ1) is 14.8. The van der Waals surface area contributed by atoms with E-state index in [1.165, 1.54) is 36.5 Å². The largest absolute Gasteiger partial charge is 0.271 e. The lowest BCUT2D eigenvalue weighted by atomic mass is 10.2. The fraction of sp³-hybridized carbons (Fsp3) is 0.0476. The van der Waals surface area contributed by atoms with Gasteiger partial charge in [0.2, 0.25) is 0 Å². The van der Waals surface area contributed by atoms with Crippen LogP contribution in [0.15, 0.2) is 87.3 Å². The molecule has 10 heteroatoms. The maximum Gasteiger partial charge on any atom is 0.264 e. The maximum atomic E-state index is 13.2. The first-order valence-corrected chi connectivity index (χ1v) is 11.9. The Morgan fingerprint density at radius 1 is 1.00 bits per heavy atom. The molecule has 0 bridgehead atoms. The highest BCUT2D eigenvalue weighted by atomic mass is 79.9. The summed E-state index contributed by atoms with van der Waals surface area (Å²) in [7, 11) is -4.05. The lowest BCUT2D eigenvalue weighted by Gasteiger charge is -2.24. The first kappa shape index (κ1) is 23.3. The van der Waals surface area contributed by atoms with Crippen LogP contribution in [-0.4, -0.2) is 27.1 Å². The van der Waals surface area contributed by atoms with Crippen LogP contribution in [0.25, 0.3) is 0 Å². The number of benzene rings is 3. The lowest BCUT2D eigenvalue weighted by molar-refractivity contribution is -0.119. The number of sulfonamides is 1. The molecule has 1 N–H and O–H groups in total. The van der Waals surface area contributed by atoms with Crippen LogP contribution < -0.4 is 9.73 Å². The number of hydrogen-bond acceptors (Lipinski definition) is 4. The van der Waals surface area contributed by atoms with Gasteiger partial charge in [0, 0.05) is 10.0 Å². The van der Waals surface area contributed by atoms with Gasteiger partial charge in [-0.2, -0.15) is 5.10 Å². The minimum absolute atomic E-state index is 0.0330. The van der Waals surface area contributed by atoms with Gasteiger partial charge in [-0.1, -0.05) is 75.5 Å². The van der Waals surface area contributed by atoms with Crippen molar-refractivity contribution in [1.82, 2.24) is 5.43 Å². The predicted octanol–water partition coefficient (Wildman–Crippen LogP) is 5.10. The summed E-state index contributed by atoms with van der Waals surface area (Å²) in [4.78, 5) is 12.6. The smallest absolute Gasteiger partial charge is 0.264 e. The van der Waals surface area contributed by atoms with Crippen LogP contribution in [0.2, 0.25) is 10.0 Å². The molecule has 0 aliphatic carbocycles. The molecule has 6 nitrogen and oxygen atoms in total. The molecule has 0 fully saturated rings. The normalized spacial score (nSPS) is 11.5. The Labute approximate surface area is 198 Å². The Balaban J connectivity index is 1.87. The summed E-state index contributed by atoms with van der Waals surface area (Å²) in [5, 5.41) is 4.35. The van der Waals surface area contributed by atoms with E-state index in [0.717, 1.165) is 14.3 Å². The van der Waals surface area contributed by atoms with Crippen molar-refractivity contribution < 1.29 is 13.2 Å². The molecule has 0 saturated carbocycles. The number of nitrogens with zero attached hydrogens (tertiary/aromatic N) is 2. The van der Waals surface area contributed by atoms with Crippen LogP contribution >= 0.6 is 39.1 Å². The molecule has 0 radical (unpaired) electrons. The Bertz CT molecular complexity index is 1220. The van der Waals surface area contributed by atoms with Crippen LogP contribution in [0.1, 0.15) is 5.56 Å². The van der Waals surface area contributed by atoms with Crippen molar-refractivity contribution in [1.29, 1.82) is 0 Å². The van der Waals surface area contributed by atoms with Crippen LogP contribution in [0.4, 0.5) is 5.69 Å². The van der Waals surface area contributed by atoms with Gasteiger partial charge >= 0.3 is 0 Å². The van der Waals surface area contributed by atoms with Crippen molar-refractivity contribution in [2.75, 3.05) is 10.8 Å². The van der Waals surface area contributed by atoms with Crippen molar-refractivity contribution in [3.63, 3.8) is 0 Å². The van der Waals surface area contributed by atoms with Crippen molar-refractivity contribution in [3.8, 4) is 0 Å². The number of carbonyl (C=O) groups excluding carboxylic acids is 1. The van der Waals surface area contributed by atoms with Crippen molar-refractivity contribution >= 4 is 67.0 Å². The summed E-state index contributed by atoms with van der Waals surface area (Å²) < 4.78 is 28.2. The zero-order valence-electron chi connectivity index (χ0n) is 15.9. The third kappa shape index (κ3) is 5.86. The predicted molar refractivity (Wildman–Crippen MR) is 127 cm³/mol. The fourth-order valence-corrected chi connectivity index (χ4v) is 4.71. The monoisotopic (exact) mass is 539 g/mol. The molecular weight excluding hydrogens is 525 g/mol. The number of carbonyl (C=O) groups is 1. The highest BCUT2D eigenvalue weighted by molar-refractivity contribution is 9.10. The molecule has 31 heavy (non-hydrogen) atoms. The summed E-state index contributed by atoms with van der Waals surface area (Å²) in [5.41, 5.74) is 3.30. The van der Waals surface area contributed by atoms with Crippen LogP contribution in [0.5, 0.6) is 0 Å². The average Bonchev–Trinajstić information content (AvgIpc) is 2.76. The van der Waals surface area contributed by atoms with Crippen LogP contribution in [0, 0.1) is 0 Å². The lowest BCUT2D eigenvalue weighted by Crippen LogP contribution is -2.39. The quantitative estimate of drug-likeness (QED) is 0.334. The number of halogens is 3. The van der Waals surface area contributed by atoms with Crippen LogP contribution in [0.3, 0.4) is 0 Å². The highest BCUT2D eigenvalue weighted by Gasteiger charge is 2.27. The van der Waals surface area contributed by atoms with E-state index in [1.807, 2.05) is 24.3 Å². The van der Waals surface area contributed by atoms with E-state index >= 15 is 0 Å². The molecule has 3 aromatic carbocycles. The standard InChI is InChI=1S/C21H16BrCl2N3O3S/c22-18-9-5-4-6-15(18)13-25-26-21(28)14-27(16-10-11-19(23)20(24)12-16)31(29,30)17-7-2-1-3-8-17/h1-13H,14H2,(H,26,28)/b25-13-. The second-order valence-corrected chi connectivity index (χ2v) is 9.77. The van der Waals surface area contributed by atoms with Gasteiger partial charge in [0.05, 0.1) is 26.8 Å². The van der Waals surface area contributed by atoms with Gasteiger partial charge in [0.25, 0.3) is 15.9 Å². The van der Waals surface area contributed by atoms with Crippen molar-refractivity contribution in [2.45, 2.75) is 4.90 Å². The molecule has 0 aromatic heterocycles. The average molecular weight is 541 g/mol. The van der Waals surface area contributed by atoms with Crippen LogP contribution in [-0.2, 0) is 14.8 Å². The third-order valence-electron chi connectivity index (χ3n) is 4.11. The molecule has 0 spiro atoms. The van der Waals surface area contributed by atoms with E-state index < -0.39 is 22.5 Å². The minimum Gasteiger partial charge on any atom is -0.271 e. The molecule has 0 heterocycles. The van der Waals surface area contributed by atoms with Gasteiger partial charge < -0.3 is 0 Å². The number of nitrogens with one attached hydrogen (secondary N) is 1. The summed E-state index contributed by atoms with van der Waals surface area (Å²) in [6.45, 7) is -0.511. The molecule has 0 aliphatic heterocycles. The van der Waals surface area contributed by atoms with E-state index in [2.05, 4.69) is 26.5 Å². The Morgan fingerprint density at radius 2 is 1.68 bits per heavy atom. The topological polar surface area (TPSA) is 78.8 Å². The molecule has 0 aliphatic rings. The highest BCUT2D eigenvalue weighted by Crippen LogP contribution is 2.30. The fourth-order valence-electron chi connectivity index (χ4n) is 2.59. The molecule has 1 amide bonds. The van der Waals surface area contributed by atoms with Gasteiger partial charge in [0.15, 0.2) is 0 Å². The number of hydrogen-bond donors (Lipinski definition) is 1. The summed E-state index contributed by atoms with van der Waals surface area (Å²) in [5.74, 6) is -0.631. The third-order valence-corrected chi connectivity index (χ3v) is 7.36. The van der Waals surface area contributed by atoms with E-state index in [4.69, 9.17) is 23.2 Å². The second-order valence-electron chi connectivity index (χ2n) is 6.24. The number of amides is 1. The Kier molecular flexibility index (Phi) is 7.72. The summed E-state index contributed by atoms with van der Waals surface area (Å²) in [6, 6.07) is 19.4. The zero-order chi connectivity index (χ0) is 22.4. The van der Waals surface area contributed by atoms with E-state index in [9.17, 15) is 13.2 Å². The molecule has 160 valence electrons. The van der Waals surface area contributed by atoms with E-state index in [1.54, 1.807) is 18.2 Å². The molecule has 3 aromatic rings. The summed E-state index contributed by atoms with van der Waals surface area (Å²) in [6.07, 6.45) is 1.46. The first-order valence-electron chi connectivity index (χ1n) is 8.88. The molecule has 0 unspecified atom stereocenters. The van der Waals surface area contributed by atoms with E-state index in [-0.39, 0.29) is 20.6 Å². The Morgan fingerprint density at radius 3 is 2.35 bits per heavy atom. The van der Waals surface area contributed by atoms with Gasteiger partial charge in [-0.15, -0.1) is 0 Å². The molecule has 0 saturated heterocycles. The minimum atomic E-state index is -4.05. The van der Waals surface area contributed by atoms with Gasteiger partial charge in [-0.25, -0.2) is 13.8 Å². The summed E-state index contributed by atoms with van der Waals surface area (Å²) >= 11 is 15.4. The second kappa shape index (κ2) is 10.3. The Hall–Kier alpha value is -2.39. The number of hydrazone groups is 1. The van der Waals surface area contributed by atoms with Gasteiger partial charge in [-0.05, 0) is 36.4 Å². The zero-order valence-corrected chi connectivity index (χ0v) is 19.8. The SMILES string of the molecule is O=C(CN(c1ccc(Cl)c(Cl)c1)S(=O)(=O)c1ccccc1)N/N=C\c1ccccc1Br. The molecule has 0 atom stereocenters. The van der Waals surface area contributed by atoms with Gasteiger partial charge in [0.1, 0.15) is 6.54 Å². The number of rotatable bonds is 7. The maximum absolute atomic E-state index is 13.2. The van der Waals surface area contributed by atoms with E-state index in [0.29, 0.717) is 0 Å². The molecular formula is C21H16BrCl2N3O3S. The van der Waals surface area contributed by atoms with Crippen molar-refractivity contribution in [3.05, 3.63) is 92.9 Å². The number of anilines is 1. The van der Waals surface area contributed by atoms with Gasteiger partial charge in [-0.3, -0.25) is 9.10 Å².